The van der Waals surface area contributed by atoms with E-state index in [4.69, 9.17) is 9.84 Å². The molecule has 4 nitrogen and oxygen atoms in total. The van der Waals surface area contributed by atoms with Crippen LogP contribution in [-0.4, -0.2) is 24.7 Å². The van der Waals surface area contributed by atoms with Crippen molar-refractivity contribution in [2.45, 2.75) is 0 Å². The molecule has 0 atom stereocenters. The largest absolute Gasteiger partial charge is 0.496 e. The van der Waals surface area contributed by atoms with Crippen LogP contribution in [0.5, 0.6) is 5.75 Å². The number of amides is 1. The predicted octanol–water partition coefficient (Wildman–Crippen LogP) is 2.29. The van der Waals surface area contributed by atoms with Crippen LogP contribution in [0.25, 0.3) is 0 Å². The molecule has 0 radical (unpaired) electrons. The number of anilines is 1. The van der Waals surface area contributed by atoms with Crippen molar-refractivity contribution in [2.75, 3.05) is 19.0 Å². The second kappa shape index (κ2) is 7.13. The van der Waals surface area contributed by atoms with Crippen LogP contribution in [0, 0.1) is 11.8 Å². The minimum atomic E-state index is -0.250. The van der Waals surface area contributed by atoms with E-state index in [1.165, 1.54) is 7.11 Å². The van der Waals surface area contributed by atoms with Crippen LogP contribution in [0.3, 0.4) is 0 Å². The number of carbonyl (C=O) groups is 1. The summed E-state index contributed by atoms with van der Waals surface area (Å²) in [5.74, 6) is 5.63. The highest BCUT2D eigenvalue weighted by Crippen LogP contribution is 2.19. The summed E-state index contributed by atoms with van der Waals surface area (Å²) in [7, 11) is 1.53. The molecule has 0 heterocycles. The summed E-state index contributed by atoms with van der Waals surface area (Å²) in [6.07, 6.45) is 0. The van der Waals surface area contributed by atoms with Gasteiger partial charge in [0.25, 0.3) is 5.91 Å². The van der Waals surface area contributed by atoms with Crippen LogP contribution < -0.4 is 10.1 Å². The minimum Gasteiger partial charge on any atom is -0.496 e. The van der Waals surface area contributed by atoms with E-state index in [2.05, 4.69) is 17.2 Å². The maximum absolute atomic E-state index is 12.3. The second-order valence-electron chi connectivity index (χ2n) is 4.20. The molecule has 0 aliphatic rings. The lowest BCUT2D eigenvalue weighted by Gasteiger charge is -2.09. The van der Waals surface area contributed by atoms with Crippen molar-refractivity contribution in [3.05, 3.63) is 59.7 Å². The molecule has 0 aromatic heterocycles. The first kappa shape index (κ1) is 14.6. The van der Waals surface area contributed by atoms with Gasteiger partial charge in [0.2, 0.25) is 0 Å². The first-order chi connectivity index (χ1) is 10.2. The molecule has 0 aliphatic carbocycles. The Bertz CT molecular complexity index is 698. The van der Waals surface area contributed by atoms with Gasteiger partial charge in [0.15, 0.2) is 0 Å². The van der Waals surface area contributed by atoms with Crippen molar-refractivity contribution < 1.29 is 14.6 Å². The third-order valence-corrected chi connectivity index (χ3v) is 2.78. The summed E-state index contributed by atoms with van der Waals surface area (Å²) in [6, 6.07) is 14.1. The summed E-state index contributed by atoms with van der Waals surface area (Å²) in [4.78, 5) is 12.3. The van der Waals surface area contributed by atoms with Gasteiger partial charge in [-0.3, -0.25) is 4.79 Å². The van der Waals surface area contributed by atoms with Crippen molar-refractivity contribution in [3.63, 3.8) is 0 Å². The number of aliphatic hydroxyl groups is 1. The number of para-hydroxylation sites is 1. The van der Waals surface area contributed by atoms with Gasteiger partial charge >= 0.3 is 0 Å². The summed E-state index contributed by atoms with van der Waals surface area (Å²) in [5, 5.41) is 11.5. The molecular formula is C17H15NO3. The second-order valence-corrected chi connectivity index (χ2v) is 4.20. The average Bonchev–Trinajstić information content (AvgIpc) is 2.53. The van der Waals surface area contributed by atoms with Crippen molar-refractivity contribution in [2.24, 2.45) is 0 Å². The number of hydrogen-bond acceptors (Lipinski definition) is 3. The van der Waals surface area contributed by atoms with Gasteiger partial charge in [0.05, 0.1) is 12.7 Å². The Labute approximate surface area is 123 Å². The van der Waals surface area contributed by atoms with E-state index in [1.54, 1.807) is 48.5 Å². The average molecular weight is 281 g/mol. The van der Waals surface area contributed by atoms with E-state index in [1.807, 2.05) is 0 Å². The fraction of sp³-hybridized carbons (Fsp3) is 0.118. The number of nitrogens with one attached hydrogen (secondary N) is 1. The van der Waals surface area contributed by atoms with Gasteiger partial charge in [-0.1, -0.05) is 30.0 Å². The molecule has 0 aliphatic heterocycles. The van der Waals surface area contributed by atoms with Crippen LogP contribution in [0.2, 0.25) is 0 Å². The molecule has 2 N–H and O–H groups in total. The molecule has 0 bridgehead atoms. The van der Waals surface area contributed by atoms with Crippen LogP contribution in [0.4, 0.5) is 5.69 Å². The number of rotatable bonds is 3. The zero-order valence-electron chi connectivity index (χ0n) is 11.6. The van der Waals surface area contributed by atoms with Gasteiger partial charge in [-0.2, -0.15) is 0 Å². The highest BCUT2D eigenvalue weighted by atomic mass is 16.5. The van der Waals surface area contributed by atoms with E-state index in [0.717, 1.165) is 5.56 Å². The number of hydrogen-bond donors (Lipinski definition) is 2. The molecule has 2 aromatic rings. The highest BCUT2D eigenvalue weighted by Gasteiger charge is 2.11. The first-order valence-corrected chi connectivity index (χ1v) is 6.38. The lowest BCUT2D eigenvalue weighted by Crippen LogP contribution is -2.13. The Morgan fingerprint density at radius 3 is 2.81 bits per heavy atom. The van der Waals surface area contributed by atoms with E-state index in [-0.39, 0.29) is 12.5 Å². The Kier molecular flexibility index (Phi) is 4.97. The van der Waals surface area contributed by atoms with Gasteiger partial charge in [0.1, 0.15) is 12.4 Å². The topological polar surface area (TPSA) is 58.6 Å². The smallest absolute Gasteiger partial charge is 0.259 e. The molecule has 2 rings (SSSR count). The van der Waals surface area contributed by atoms with Crippen molar-refractivity contribution >= 4 is 11.6 Å². The van der Waals surface area contributed by atoms with E-state index in [0.29, 0.717) is 17.0 Å². The van der Waals surface area contributed by atoms with Crippen LogP contribution in [0.1, 0.15) is 15.9 Å². The van der Waals surface area contributed by atoms with Gasteiger partial charge in [-0.15, -0.1) is 0 Å². The molecule has 106 valence electrons. The first-order valence-electron chi connectivity index (χ1n) is 6.38. The Balaban J connectivity index is 2.20. The fourth-order valence-corrected chi connectivity index (χ4v) is 1.85. The molecule has 0 unspecified atom stereocenters. The summed E-state index contributed by atoms with van der Waals surface area (Å²) < 4.78 is 5.17. The van der Waals surface area contributed by atoms with Gasteiger partial charge < -0.3 is 15.2 Å². The minimum absolute atomic E-state index is 0.197. The van der Waals surface area contributed by atoms with Gasteiger partial charge in [-0.05, 0) is 30.3 Å². The van der Waals surface area contributed by atoms with Crippen molar-refractivity contribution in [3.8, 4) is 17.6 Å². The number of benzene rings is 2. The lowest BCUT2D eigenvalue weighted by molar-refractivity contribution is 0.102. The molecule has 0 spiro atoms. The molecule has 0 saturated carbocycles. The van der Waals surface area contributed by atoms with Gasteiger partial charge in [-0.25, -0.2) is 0 Å². The Hall–Kier alpha value is -2.77. The van der Waals surface area contributed by atoms with E-state index in [9.17, 15) is 4.79 Å². The maximum Gasteiger partial charge on any atom is 0.259 e. The molecule has 21 heavy (non-hydrogen) atoms. The van der Waals surface area contributed by atoms with E-state index < -0.39 is 0 Å². The standard InChI is InChI=1S/C17H15NO3/c1-21-16-10-3-2-9-15(16)17(20)18-14-8-4-6-13(12-14)7-5-11-19/h2-4,6,8-10,12,19H,11H2,1H3,(H,18,20). The van der Waals surface area contributed by atoms with Crippen LogP contribution >= 0.6 is 0 Å². The highest BCUT2D eigenvalue weighted by molar-refractivity contribution is 6.06. The molecule has 0 saturated heterocycles. The number of methoxy groups -OCH3 is 1. The molecule has 2 aromatic carbocycles. The number of ether oxygens (including phenoxy) is 1. The fourth-order valence-electron chi connectivity index (χ4n) is 1.85. The zero-order valence-corrected chi connectivity index (χ0v) is 11.6. The summed E-state index contributed by atoms with van der Waals surface area (Å²) in [5.41, 5.74) is 1.82. The molecular weight excluding hydrogens is 266 g/mol. The van der Waals surface area contributed by atoms with Crippen molar-refractivity contribution in [1.29, 1.82) is 0 Å². The number of aliphatic hydroxyl groups excluding tert-OH is 1. The third kappa shape index (κ3) is 3.85. The lowest BCUT2D eigenvalue weighted by atomic mass is 10.1. The SMILES string of the molecule is COc1ccccc1C(=O)Nc1cccc(C#CCO)c1. The normalized spacial score (nSPS) is 9.43. The maximum atomic E-state index is 12.3. The molecule has 0 fully saturated rings. The molecule has 4 heteroatoms. The Morgan fingerprint density at radius 2 is 2.05 bits per heavy atom. The summed E-state index contributed by atoms with van der Waals surface area (Å²) >= 11 is 0. The monoisotopic (exact) mass is 281 g/mol. The Morgan fingerprint density at radius 1 is 1.24 bits per heavy atom. The van der Waals surface area contributed by atoms with Crippen LogP contribution in [0.15, 0.2) is 48.5 Å². The third-order valence-electron chi connectivity index (χ3n) is 2.78. The van der Waals surface area contributed by atoms with Crippen LogP contribution in [-0.2, 0) is 0 Å². The summed E-state index contributed by atoms with van der Waals surface area (Å²) in [6.45, 7) is -0.197. The van der Waals surface area contributed by atoms with Crippen molar-refractivity contribution in [1.82, 2.24) is 0 Å². The zero-order chi connectivity index (χ0) is 15.1. The number of carbonyl (C=O) groups excluding carboxylic acids is 1. The quantitative estimate of drug-likeness (QED) is 0.849. The van der Waals surface area contributed by atoms with E-state index >= 15 is 0 Å². The molecule has 1 amide bonds. The van der Waals surface area contributed by atoms with Gasteiger partial charge in [0, 0.05) is 11.3 Å². The predicted molar refractivity (Wildman–Crippen MR) is 81.4 cm³/mol.